The smallest absolute Gasteiger partial charge is 0.217 e. The molecule has 0 unspecified atom stereocenters. The minimum absolute atomic E-state index is 0.0232. The number of carbonyl (C=O) groups excluding carboxylic acids is 3. The monoisotopic (exact) mass is 717 g/mol. The van der Waals surface area contributed by atoms with Gasteiger partial charge in [-0.1, -0.05) is 30.3 Å². The van der Waals surface area contributed by atoms with E-state index in [2.05, 4.69) is 16.0 Å². The predicted octanol–water partition coefficient (Wildman–Crippen LogP) is -4.92. The molecule has 0 aromatic heterocycles. The van der Waals surface area contributed by atoms with Gasteiger partial charge in [0.2, 0.25) is 17.7 Å². The molecule has 3 saturated heterocycles. The van der Waals surface area contributed by atoms with Gasteiger partial charge in [-0.3, -0.25) is 14.4 Å². The Kier molecular flexibility index (Phi) is 14.4. The Labute approximate surface area is 287 Å². The molecule has 1 aromatic rings. The first-order chi connectivity index (χ1) is 23.7. The molecule has 50 heavy (non-hydrogen) atoms. The highest BCUT2D eigenvalue weighted by Crippen LogP contribution is 2.31. The van der Waals surface area contributed by atoms with Crippen LogP contribution < -0.4 is 16.0 Å². The summed E-state index contributed by atoms with van der Waals surface area (Å²) in [4.78, 5) is 36.3. The van der Waals surface area contributed by atoms with Gasteiger partial charge in [0.15, 0.2) is 18.9 Å². The van der Waals surface area contributed by atoms with E-state index < -0.39 is 129 Å². The second-order valence-corrected chi connectivity index (χ2v) is 12.4. The zero-order valence-electron chi connectivity index (χ0n) is 27.7. The van der Waals surface area contributed by atoms with Gasteiger partial charge >= 0.3 is 0 Å². The molecule has 0 aliphatic carbocycles. The van der Waals surface area contributed by atoms with E-state index >= 15 is 0 Å². The summed E-state index contributed by atoms with van der Waals surface area (Å²) in [6.45, 7) is 1.47. The van der Waals surface area contributed by atoms with Crippen LogP contribution in [0.25, 0.3) is 0 Å². The summed E-state index contributed by atoms with van der Waals surface area (Å²) in [6.07, 6.45) is -18.2. The number of nitrogens with one attached hydrogen (secondary N) is 3. The molecule has 0 spiro atoms. The maximum Gasteiger partial charge on any atom is 0.217 e. The zero-order chi connectivity index (χ0) is 36.7. The summed E-state index contributed by atoms with van der Waals surface area (Å²) < 4.78 is 35.6. The van der Waals surface area contributed by atoms with Crippen LogP contribution in [-0.2, 0) is 49.4 Å². The highest BCUT2D eigenvalue weighted by Gasteiger charge is 2.53. The van der Waals surface area contributed by atoms with Gasteiger partial charge in [-0.25, -0.2) is 0 Å². The van der Waals surface area contributed by atoms with Gasteiger partial charge in [-0.05, 0) is 5.56 Å². The van der Waals surface area contributed by atoms with Crippen molar-refractivity contribution in [1.29, 1.82) is 0 Å². The third-order valence-corrected chi connectivity index (χ3v) is 8.52. The predicted molar refractivity (Wildman–Crippen MR) is 165 cm³/mol. The van der Waals surface area contributed by atoms with Crippen LogP contribution in [0.2, 0.25) is 0 Å². The molecule has 0 bridgehead atoms. The van der Waals surface area contributed by atoms with Gasteiger partial charge in [-0.15, -0.1) is 0 Å². The fraction of sp³-hybridized carbons (Fsp3) is 0.710. The van der Waals surface area contributed by atoms with Crippen molar-refractivity contribution in [3.05, 3.63) is 35.9 Å². The standard InChI is InChI=1S/C31H47N3O16/c1-13(37)32-20-25(42)23(40)17(9-35)47-29(20)46-12-19-28(50-31-21(33-14(2)38)26(43)24(41)18(10-36)48-31)27(44)22(34-15(3)39)30(49-19)45-11-16-7-5-4-6-8-16/h4-8,17-31,35-36,40-44H,9-12H2,1-3H3,(H,32,37)(H,33,38)(H,34,39)/t17-,18-,19-,20-,21-,22-,23-,24-,25-,26-,27-,28-,29-,30+,31+/m1/s1. The fourth-order valence-electron chi connectivity index (χ4n) is 6.05. The van der Waals surface area contributed by atoms with Crippen molar-refractivity contribution >= 4 is 17.7 Å². The molecule has 4 rings (SSSR count). The van der Waals surface area contributed by atoms with Crippen LogP contribution in [-0.4, -0.2) is 165 Å². The number of carbonyl (C=O) groups is 3. The topological polar surface area (TPSA) is 284 Å². The average Bonchev–Trinajstić information content (AvgIpc) is 3.07. The first kappa shape index (κ1) is 39.9. The fourth-order valence-corrected chi connectivity index (χ4v) is 6.05. The van der Waals surface area contributed by atoms with E-state index in [0.29, 0.717) is 0 Å². The van der Waals surface area contributed by atoms with Crippen molar-refractivity contribution in [2.24, 2.45) is 0 Å². The Morgan fingerprint density at radius 2 is 1.06 bits per heavy atom. The number of ether oxygens (including phenoxy) is 6. The Balaban J connectivity index is 1.66. The van der Waals surface area contributed by atoms with E-state index in [-0.39, 0.29) is 6.61 Å². The Bertz CT molecular complexity index is 1260. The number of aliphatic hydroxyl groups excluding tert-OH is 7. The van der Waals surface area contributed by atoms with Gasteiger partial charge in [0.05, 0.1) is 26.4 Å². The van der Waals surface area contributed by atoms with Crippen LogP contribution in [0, 0.1) is 0 Å². The van der Waals surface area contributed by atoms with Crippen LogP contribution in [0.3, 0.4) is 0 Å². The SMILES string of the molecule is CC(=O)N[C@H]1[C@@H](OCc2ccccc2)O[C@H](CO[C@@H]2O[C@H](CO)[C@@H](O)[C@H](O)[C@H]2NC(C)=O)[C@@H](O[C@@H]2O[C@H](CO)[C@@H](O)[C@H](O)[C@H]2NC(C)=O)[C@@H]1O. The molecule has 3 amide bonds. The van der Waals surface area contributed by atoms with Gasteiger partial charge < -0.3 is 80.1 Å². The minimum Gasteiger partial charge on any atom is -0.394 e. The van der Waals surface area contributed by atoms with E-state index in [1.54, 1.807) is 30.3 Å². The van der Waals surface area contributed by atoms with Crippen LogP contribution >= 0.6 is 0 Å². The number of benzene rings is 1. The normalized spacial score (nSPS) is 39.0. The molecule has 19 nitrogen and oxygen atoms in total. The molecule has 3 aliphatic heterocycles. The van der Waals surface area contributed by atoms with Crippen molar-refractivity contribution in [3.8, 4) is 0 Å². The summed E-state index contributed by atoms with van der Waals surface area (Å²) in [7, 11) is 0. The third-order valence-electron chi connectivity index (χ3n) is 8.52. The number of aliphatic hydroxyl groups is 7. The van der Waals surface area contributed by atoms with E-state index in [9.17, 15) is 50.1 Å². The van der Waals surface area contributed by atoms with Crippen molar-refractivity contribution in [3.63, 3.8) is 0 Å². The van der Waals surface area contributed by atoms with Crippen molar-refractivity contribution in [1.82, 2.24) is 16.0 Å². The molecule has 10 N–H and O–H groups in total. The Morgan fingerprint density at radius 3 is 1.56 bits per heavy atom. The molecular weight excluding hydrogens is 670 g/mol. The van der Waals surface area contributed by atoms with Crippen LogP contribution in [0.4, 0.5) is 0 Å². The lowest BCUT2D eigenvalue weighted by Gasteiger charge is -2.48. The van der Waals surface area contributed by atoms with Gasteiger partial charge in [0.25, 0.3) is 0 Å². The second-order valence-electron chi connectivity index (χ2n) is 12.4. The summed E-state index contributed by atoms with van der Waals surface area (Å²) in [6, 6.07) is 4.89. The quantitative estimate of drug-likeness (QED) is 0.0915. The van der Waals surface area contributed by atoms with Gasteiger partial charge in [-0.2, -0.15) is 0 Å². The molecule has 0 saturated carbocycles. The highest BCUT2D eigenvalue weighted by atomic mass is 16.7. The lowest BCUT2D eigenvalue weighted by molar-refractivity contribution is -0.342. The molecule has 1 aromatic carbocycles. The summed E-state index contributed by atoms with van der Waals surface area (Å²) >= 11 is 0. The summed E-state index contributed by atoms with van der Waals surface area (Å²) in [5.41, 5.74) is 0.728. The van der Waals surface area contributed by atoms with Crippen molar-refractivity contribution in [2.75, 3.05) is 19.8 Å². The summed E-state index contributed by atoms with van der Waals surface area (Å²) in [5, 5.41) is 81.2. The van der Waals surface area contributed by atoms with Crippen LogP contribution in [0.1, 0.15) is 26.3 Å². The van der Waals surface area contributed by atoms with E-state index in [0.717, 1.165) is 19.4 Å². The van der Waals surface area contributed by atoms with Crippen LogP contribution in [0.15, 0.2) is 30.3 Å². The lowest BCUT2D eigenvalue weighted by atomic mass is 9.94. The second kappa shape index (κ2) is 18.0. The Morgan fingerprint density at radius 1 is 0.620 bits per heavy atom. The third kappa shape index (κ3) is 9.70. The van der Waals surface area contributed by atoms with E-state index in [1.165, 1.54) is 6.92 Å². The molecule has 3 heterocycles. The Hall–Kier alpha value is -2.89. The molecule has 282 valence electrons. The molecule has 3 aliphatic rings. The van der Waals surface area contributed by atoms with Gasteiger partial charge in [0.1, 0.15) is 73.1 Å². The number of rotatable bonds is 13. The molecule has 19 heteroatoms. The first-order valence-electron chi connectivity index (χ1n) is 16.1. The van der Waals surface area contributed by atoms with Crippen molar-refractivity contribution in [2.45, 2.75) is 119 Å². The first-order valence-corrected chi connectivity index (χ1v) is 16.1. The maximum absolute atomic E-state index is 12.3. The summed E-state index contributed by atoms with van der Waals surface area (Å²) in [5.74, 6) is -1.80. The maximum atomic E-state index is 12.3. The molecule has 0 radical (unpaired) electrons. The number of hydrogen-bond donors (Lipinski definition) is 10. The number of amides is 3. The average molecular weight is 718 g/mol. The van der Waals surface area contributed by atoms with Crippen molar-refractivity contribution < 1.29 is 78.6 Å². The largest absolute Gasteiger partial charge is 0.394 e. The molecule has 15 atom stereocenters. The minimum atomic E-state index is -1.70. The highest BCUT2D eigenvalue weighted by molar-refractivity contribution is 5.74. The van der Waals surface area contributed by atoms with E-state index in [4.69, 9.17) is 28.4 Å². The lowest BCUT2D eigenvalue weighted by Crippen LogP contribution is -2.69. The molecular formula is C31H47N3O16. The number of hydrogen-bond acceptors (Lipinski definition) is 16. The van der Waals surface area contributed by atoms with E-state index in [1.807, 2.05) is 0 Å². The molecule has 3 fully saturated rings. The van der Waals surface area contributed by atoms with Gasteiger partial charge in [0, 0.05) is 20.8 Å². The van der Waals surface area contributed by atoms with Crippen LogP contribution in [0.5, 0.6) is 0 Å². The zero-order valence-corrected chi connectivity index (χ0v) is 27.7.